The zero-order chi connectivity index (χ0) is 21.3. The molecule has 0 bridgehead atoms. The van der Waals surface area contributed by atoms with Crippen LogP contribution in [0.2, 0.25) is 0 Å². The van der Waals surface area contributed by atoms with Crippen molar-refractivity contribution in [1.29, 1.82) is 0 Å². The minimum atomic E-state index is -0.344. The maximum Gasteiger partial charge on any atom is 0.290 e. The van der Waals surface area contributed by atoms with Gasteiger partial charge >= 0.3 is 0 Å². The summed E-state index contributed by atoms with van der Waals surface area (Å²) in [5.74, 6) is 1.67. The summed E-state index contributed by atoms with van der Waals surface area (Å²) in [7, 11) is 0. The van der Waals surface area contributed by atoms with E-state index >= 15 is 0 Å². The number of carbonyl (C=O) groups is 1. The van der Waals surface area contributed by atoms with Gasteiger partial charge in [0.15, 0.2) is 5.76 Å². The normalized spacial score (nSPS) is 14.5. The Kier molecular flexibility index (Phi) is 5.20. The third-order valence-corrected chi connectivity index (χ3v) is 5.27. The van der Waals surface area contributed by atoms with Gasteiger partial charge in [-0.1, -0.05) is 13.8 Å². The molecule has 156 valence electrons. The minimum Gasteiger partial charge on any atom is -0.493 e. The predicted molar refractivity (Wildman–Crippen MR) is 111 cm³/mol. The highest BCUT2D eigenvalue weighted by molar-refractivity contribution is 5.91. The van der Waals surface area contributed by atoms with E-state index in [1.165, 1.54) is 0 Å². The van der Waals surface area contributed by atoms with E-state index in [-0.39, 0.29) is 29.6 Å². The molecule has 0 fully saturated rings. The van der Waals surface area contributed by atoms with Crippen LogP contribution in [0.15, 0.2) is 41.1 Å². The highest BCUT2D eigenvalue weighted by Crippen LogP contribution is 2.42. The average Bonchev–Trinajstić information content (AvgIpc) is 3.17. The molecule has 1 N–H and O–H groups in total. The number of fused-ring (bicyclic) bond motifs is 1. The maximum atomic E-state index is 12.4. The Morgan fingerprint density at radius 2 is 2.03 bits per heavy atom. The van der Waals surface area contributed by atoms with Crippen molar-refractivity contribution < 1.29 is 18.7 Å². The summed E-state index contributed by atoms with van der Waals surface area (Å²) in [6.07, 6.45) is 4.24. The smallest absolute Gasteiger partial charge is 0.290 e. The third kappa shape index (κ3) is 4.15. The molecule has 1 aliphatic rings. The molecule has 7 nitrogen and oxygen atoms in total. The number of hydrogen-bond donors (Lipinski definition) is 1. The summed E-state index contributed by atoms with van der Waals surface area (Å²) < 4.78 is 17.4. The molecule has 0 saturated carbocycles. The predicted octanol–water partition coefficient (Wildman–Crippen LogP) is 4.47. The molecule has 30 heavy (non-hydrogen) atoms. The Morgan fingerprint density at radius 3 is 2.80 bits per heavy atom. The van der Waals surface area contributed by atoms with E-state index in [1.807, 2.05) is 26.0 Å². The highest BCUT2D eigenvalue weighted by Gasteiger charge is 2.30. The van der Waals surface area contributed by atoms with Crippen molar-refractivity contribution >= 4 is 5.91 Å². The van der Waals surface area contributed by atoms with Gasteiger partial charge in [-0.25, -0.2) is 0 Å². The first-order chi connectivity index (χ1) is 14.3. The summed E-state index contributed by atoms with van der Waals surface area (Å²) in [5.41, 5.74) is 3.55. The van der Waals surface area contributed by atoms with E-state index in [0.717, 1.165) is 29.0 Å². The largest absolute Gasteiger partial charge is 0.493 e. The molecule has 1 amide bonds. The summed E-state index contributed by atoms with van der Waals surface area (Å²) in [6, 6.07) is 7.22. The quantitative estimate of drug-likeness (QED) is 0.672. The molecular weight excluding hydrogens is 382 g/mol. The van der Waals surface area contributed by atoms with Gasteiger partial charge in [-0.05, 0) is 49.4 Å². The number of benzene rings is 1. The number of rotatable bonds is 5. The molecule has 0 unspecified atom stereocenters. The second-order valence-electron chi connectivity index (χ2n) is 8.15. The van der Waals surface area contributed by atoms with Gasteiger partial charge in [0, 0.05) is 17.8 Å². The minimum absolute atomic E-state index is 0.00642. The number of nitrogens with one attached hydrogen (secondary N) is 1. The molecule has 0 saturated heterocycles. The summed E-state index contributed by atoms with van der Waals surface area (Å²) in [5, 5.41) is 2.77. The molecule has 0 atom stereocenters. The van der Waals surface area contributed by atoms with Gasteiger partial charge in [0.2, 0.25) is 0 Å². The van der Waals surface area contributed by atoms with Crippen molar-refractivity contribution in [2.45, 2.75) is 46.1 Å². The number of aryl methyl sites for hydroxylation is 2. The van der Waals surface area contributed by atoms with Crippen molar-refractivity contribution in [3.05, 3.63) is 64.9 Å². The first-order valence-corrected chi connectivity index (χ1v) is 9.93. The summed E-state index contributed by atoms with van der Waals surface area (Å²) in [6.45, 7) is 9.19. The van der Waals surface area contributed by atoms with Gasteiger partial charge in [-0.2, -0.15) is 0 Å². The van der Waals surface area contributed by atoms with Crippen molar-refractivity contribution in [2.75, 3.05) is 6.61 Å². The van der Waals surface area contributed by atoms with Crippen LogP contribution in [0.25, 0.3) is 0 Å². The third-order valence-electron chi connectivity index (χ3n) is 5.27. The standard InChI is InChI=1S/C23H25N3O4/c1-14-9-20-17(23(3,4)7-8-28-20)10-19(14)30-21-6-5-18(29-21)22(27)26-13-16-12-24-15(2)11-25-16/h5-6,9-12H,7-8,13H2,1-4H3,(H,26,27). The van der Waals surface area contributed by atoms with E-state index in [9.17, 15) is 4.79 Å². The summed E-state index contributed by atoms with van der Waals surface area (Å²) >= 11 is 0. The van der Waals surface area contributed by atoms with Crippen molar-refractivity contribution in [2.24, 2.45) is 0 Å². The Hall–Kier alpha value is -3.35. The lowest BCUT2D eigenvalue weighted by Crippen LogP contribution is -2.26. The zero-order valence-corrected chi connectivity index (χ0v) is 17.6. The van der Waals surface area contributed by atoms with Gasteiger partial charge < -0.3 is 19.2 Å². The van der Waals surface area contributed by atoms with Crippen LogP contribution in [0.4, 0.5) is 0 Å². The van der Waals surface area contributed by atoms with Crippen molar-refractivity contribution in [1.82, 2.24) is 15.3 Å². The van der Waals surface area contributed by atoms with E-state index in [4.69, 9.17) is 13.9 Å². The lowest BCUT2D eigenvalue weighted by atomic mass is 9.79. The molecule has 7 heteroatoms. The van der Waals surface area contributed by atoms with Gasteiger partial charge in [0.05, 0.1) is 30.7 Å². The first-order valence-electron chi connectivity index (χ1n) is 9.93. The lowest BCUT2D eigenvalue weighted by molar-refractivity contribution is 0.0917. The topological polar surface area (TPSA) is 86.5 Å². The molecular formula is C23H25N3O4. The molecule has 2 aromatic heterocycles. The molecule has 3 aromatic rings. The second kappa shape index (κ2) is 7.82. The van der Waals surface area contributed by atoms with Crippen LogP contribution in [0, 0.1) is 13.8 Å². The fraction of sp³-hybridized carbons (Fsp3) is 0.348. The number of ether oxygens (including phenoxy) is 2. The first kappa shape index (κ1) is 19.9. The SMILES string of the molecule is Cc1cnc(CNC(=O)c2ccc(Oc3cc4c(cc3C)OCCC4(C)C)o2)cn1. The fourth-order valence-electron chi connectivity index (χ4n) is 3.34. The van der Waals surface area contributed by atoms with Crippen LogP contribution < -0.4 is 14.8 Å². The number of nitrogens with zero attached hydrogens (tertiary/aromatic N) is 2. The number of hydrogen-bond acceptors (Lipinski definition) is 6. The van der Waals surface area contributed by atoms with Gasteiger partial charge in [-0.3, -0.25) is 14.8 Å². The zero-order valence-electron chi connectivity index (χ0n) is 17.6. The lowest BCUT2D eigenvalue weighted by Gasteiger charge is -2.33. The van der Waals surface area contributed by atoms with Crippen LogP contribution in [0.3, 0.4) is 0 Å². The van der Waals surface area contributed by atoms with Crippen LogP contribution in [0.5, 0.6) is 17.4 Å². The van der Waals surface area contributed by atoms with Gasteiger partial charge in [0.25, 0.3) is 11.9 Å². The summed E-state index contributed by atoms with van der Waals surface area (Å²) in [4.78, 5) is 20.8. The second-order valence-corrected chi connectivity index (χ2v) is 8.15. The van der Waals surface area contributed by atoms with Crippen LogP contribution in [-0.4, -0.2) is 22.5 Å². The molecule has 1 aromatic carbocycles. The molecule has 0 aliphatic carbocycles. The van der Waals surface area contributed by atoms with Crippen LogP contribution in [-0.2, 0) is 12.0 Å². The van der Waals surface area contributed by atoms with E-state index in [2.05, 4.69) is 29.1 Å². The van der Waals surface area contributed by atoms with E-state index in [1.54, 1.807) is 24.5 Å². The Morgan fingerprint density at radius 1 is 1.20 bits per heavy atom. The van der Waals surface area contributed by atoms with Gasteiger partial charge in [-0.15, -0.1) is 0 Å². The fourth-order valence-corrected chi connectivity index (χ4v) is 3.34. The van der Waals surface area contributed by atoms with Gasteiger partial charge in [0.1, 0.15) is 11.5 Å². The van der Waals surface area contributed by atoms with Crippen LogP contribution in [0.1, 0.15) is 53.3 Å². The maximum absolute atomic E-state index is 12.4. The molecule has 1 aliphatic heterocycles. The molecule has 0 radical (unpaired) electrons. The van der Waals surface area contributed by atoms with E-state index in [0.29, 0.717) is 18.1 Å². The number of furan rings is 1. The monoisotopic (exact) mass is 407 g/mol. The average molecular weight is 407 g/mol. The van der Waals surface area contributed by atoms with Crippen molar-refractivity contribution in [3.63, 3.8) is 0 Å². The molecule has 4 rings (SSSR count). The Balaban J connectivity index is 1.45. The number of aromatic nitrogens is 2. The Bertz CT molecular complexity index is 1070. The Labute approximate surface area is 175 Å². The highest BCUT2D eigenvalue weighted by atomic mass is 16.6. The van der Waals surface area contributed by atoms with E-state index < -0.39 is 0 Å². The number of amides is 1. The van der Waals surface area contributed by atoms with Crippen LogP contribution >= 0.6 is 0 Å². The molecule has 0 spiro atoms. The number of carbonyl (C=O) groups excluding carboxylic acids is 1. The molecule has 3 heterocycles. The van der Waals surface area contributed by atoms with Crippen molar-refractivity contribution in [3.8, 4) is 17.4 Å².